The van der Waals surface area contributed by atoms with E-state index in [1.165, 1.54) is 0 Å². The van der Waals surface area contributed by atoms with E-state index in [0.717, 1.165) is 63.7 Å². The lowest BCUT2D eigenvalue weighted by molar-refractivity contribution is -0.132. The van der Waals surface area contributed by atoms with E-state index in [1.54, 1.807) is 7.11 Å². The van der Waals surface area contributed by atoms with Gasteiger partial charge in [-0.15, -0.1) is 0 Å². The first-order valence-electron chi connectivity index (χ1n) is 6.93. The van der Waals surface area contributed by atoms with Crippen molar-refractivity contribution in [2.24, 2.45) is 15.4 Å². The third-order valence-corrected chi connectivity index (χ3v) is 4.28. The summed E-state index contributed by atoms with van der Waals surface area (Å²) < 4.78 is 5.20. The molecule has 3 aliphatic rings. The zero-order valence-corrected chi connectivity index (χ0v) is 11.3. The molecule has 3 aliphatic heterocycles. The summed E-state index contributed by atoms with van der Waals surface area (Å²) >= 11 is 0. The van der Waals surface area contributed by atoms with Crippen molar-refractivity contribution in [3.05, 3.63) is 0 Å². The number of ether oxygens (including phenoxy) is 1. The number of nitrogens with zero attached hydrogens (tertiary/aromatic N) is 3. The number of guanidine groups is 1. The molecule has 3 heterocycles. The minimum absolute atomic E-state index is 0.202. The number of likely N-dealkylation sites (tertiary alicyclic amines) is 1. The van der Waals surface area contributed by atoms with Gasteiger partial charge in [-0.05, 0) is 19.3 Å². The second-order valence-electron chi connectivity index (χ2n) is 5.45. The van der Waals surface area contributed by atoms with Crippen LogP contribution in [0.5, 0.6) is 0 Å². The molecule has 0 aromatic carbocycles. The van der Waals surface area contributed by atoms with Crippen molar-refractivity contribution in [3.63, 3.8) is 0 Å². The maximum atomic E-state index is 12.1. The van der Waals surface area contributed by atoms with Gasteiger partial charge in [0.1, 0.15) is 0 Å². The third-order valence-electron chi connectivity index (χ3n) is 4.28. The predicted octanol–water partition coefficient (Wildman–Crippen LogP) is 0.393. The molecule has 1 N–H and O–H groups in total. The molecule has 3 rings (SSSR count). The second-order valence-corrected chi connectivity index (χ2v) is 5.45. The molecule has 0 radical (unpaired) electrons. The van der Waals surface area contributed by atoms with Gasteiger partial charge in [0.25, 0.3) is 0 Å². The molecule has 0 aromatic rings. The summed E-state index contributed by atoms with van der Waals surface area (Å²) in [5.74, 6) is 1.67. The Morgan fingerprint density at radius 1 is 1.42 bits per heavy atom. The fourth-order valence-electron chi connectivity index (χ4n) is 3.14. The number of amides is 1. The lowest BCUT2D eigenvalue weighted by Crippen LogP contribution is -2.47. The lowest BCUT2D eigenvalue weighted by Gasteiger charge is -2.32. The van der Waals surface area contributed by atoms with Crippen LogP contribution < -0.4 is 5.32 Å². The predicted molar refractivity (Wildman–Crippen MR) is 72.2 cm³/mol. The number of carbonyl (C=O) groups is 1. The first kappa shape index (κ1) is 12.4. The second kappa shape index (κ2) is 4.83. The highest BCUT2D eigenvalue weighted by Gasteiger charge is 2.46. The highest BCUT2D eigenvalue weighted by atomic mass is 16.5. The lowest BCUT2D eigenvalue weighted by atomic mass is 9.79. The number of rotatable bonds is 0. The average molecular weight is 264 g/mol. The van der Waals surface area contributed by atoms with Gasteiger partial charge in [0.15, 0.2) is 5.90 Å². The topological polar surface area (TPSA) is 66.3 Å². The quantitative estimate of drug-likeness (QED) is 0.688. The highest BCUT2D eigenvalue weighted by Crippen LogP contribution is 2.37. The Morgan fingerprint density at radius 2 is 2.32 bits per heavy atom. The summed E-state index contributed by atoms with van der Waals surface area (Å²) in [5, 5.41) is 2.99. The largest absolute Gasteiger partial charge is 0.484 e. The minimum atomic E-state index is -0.221. The van der Waals surface area contributed by atoms with Crippen molar-refractivity contribution in [2.75, 3.05) is 33.3 Å². The Morgan fingerprint density at radius 3 is 3.11 bits per heavy atom. The van der Waals surface area contributed by atoms with E-state index >= 15 is 0 Å². The summed E-state index contributed by atoms with van der Waals surface area (Å²) in [4.78, 5) is 23.1. The first-order valence-corrected chi connectivity index (χ1v) is 6.93. The Hall–Kier alpha value is -1.59. The van der Waals surface area contributed by atoms with E-state index in [9.17, 15) is 4.79 Å². The molecule has 0 aromatic heterocycles. The fourth-order valence-corrected chi connectivity index (χ4v) is 3.14. The van der Waals surface area contributed by atoms with Crippen molar-refractivity contribution >= 4 is 17.8 Å². The van der Waals surface area contributed by atoms with E-state index in [2.05, 4.69) is 20.2 Å². The highest BCUT2D eigenvalue weighted by molar-refractivity contribution is 5.96. The average Bonchev–Trinajstić information content (AvgIpc) is 2.88. The maximum Gasteiger partial charge on any atom is 0.228 e. The molecule has 1 atom stereocenters. The van der Waals surface area contributed by atoms with Crippen LogP contribution >= 0.6 is 0 Å². The molecule has 6 heteroatoms. The Kier molecular flexibility index (Phi) is 3.16. The van der Waals surface area contributed by atoms with E-state index in [-0.39, 0.29) is 11.3 Å². The van der Waals surface area contributed by atoms with Crippen LogP contribution in [0.2, 0.25) is 0 Å². The molecule has 6 nitrogen and oxygen atoms in total. The van der Waals surface area contributed by atoms with Crippen LogP contribution in [0.4, 0.5) is 0 Å². The monoisotopic (exact) mass is 264 g/mol. The molecule has 0 bridgehead atoms. The van der Waals surface area contributed by atoms with Gasteiger partial charge >= 0.3 is 0 Å². The Labute approximate surface area is 112 Å². The number of piperidine rings is 1. The van der Waals surface area contributed by atoms with Gasteiger partial charge in [-0.1, -0.05) is 0 Å². The Balaban J connectivity index is 1.74. The van der Waals surface area contributed by atoms with Gasteiger partial charge in [0.2, 0.25) is 11.9 Å². The SMILES string of the molecule is COC1=NC(N2CCC3(CCCNC3=O)C2)=NCC1. The smallest absolute Gasteiger partial charge is 0.228 e. The van der Waals surface area contributed by atoms with Crippen LogP contribution in [-0.2, 0) is 9.53 Å². The molecule has 1 unspecified atom stereocenters. The molecule has 2 saturated heterocycles. The zero-order chi connectivity index (χ0) is 13.3. The molecule has 1 spiro atoms. The molecule has 104 valence electrons. The molecule has 2 fully saturated rings. The number of hydrogen-bond donors (Lipinski definition) is 1. The summed E-state index contributed by atoms with van der Waals surface area (Å²) in [5.41, 5.74) is -0.221. The van der Waals surface area contributed by atoms with Gasteiger partial charge in [-0.2, -0.15) is 4.99 Å². The van der Waals surface area contributed by atoms with E-state index in [4.69, 9.17) is 4.74 Å². The fraction of sp³-hybridized carbons (Fsp3) is 0.769. The van der Waals surface area contributed by atoms with E-state index in [0.29, 0.717) is 0 Å². The zero-order valence-electron chi connectivity index (χ0n) is 11.3. The van der Waals surface area contributed by atoms with Crippen molar-refractivity contribution in [3.8, 4) is 0 Å². The minimum Gasteiger partial charge on any atom is -0.484 e. The standard InChI is InChI=1S/C13H20N4O2/c1-19-10-3-7-15-12(16-10)17-8-5-13(9-17)4-2-6-14-11(13)18/h2-9H2,1H3,(H,14,18). The maximum absolute atomic E-state index is 12.1. The van der Waals surface area contributed by atoms with Crippen molar-refractivity contribution in [1.82, 2.24) is 10.2 Å². The van der Waals surface area contributed by atoms with Crippen LogP contribution in [0.15, 0.2) is 9.98 Å². The normalized spacial score (nSPS) is 31.0. The van der Waals surface area contributed by atoms with Gasteiger partial charge in [-0.3, -0.25) is 9.79 Å². The Bertz CT molecular complexity index is 446. The molecule has 19 heavy (non-hydrogen) atoms. The van der Waals surface area contributed by atoms with Crippen LogP contribution in [0, 0.1) is 5.41 Å². The number of methoxy groups -OCH3 is 1. The summed E-state index contributed by atoms with van der Waals surface area (Å²) in [6.45, 7) is 3.12. The molecular formula is C13H20N4O2. The van der Waals surface area contributed by atoms with Crippen molar-refractivity contribution in [2.45, 2.75) is 25.7 Å². The number of carbonyl (C=O) groups excluding carboxylic acids is 1. The van der Waals surface area contributed by atoms with E-state index in [1.807, 2.05) is 0 Å². The third kappa shape index (κ3) is 2.19. The van der Waals surface area contributed by atoms with Crippen LogP contribution in [0.3, 0.4) is 0 Å². The van der Waals surface area contributed by atoms with Crippen LogP contribution in [0.1, 0.15) is 25.7 Å². The summed E-state index contributed by atoms with van der Waals surface area (Å²) in [7, 11) is 1.64. The molecular weight excluding hydrogens is 244 g/mol. The van der Waals surface area contributed by atoms with Gasteiger partial charge < -0.3 is 15.0 Å². The number of hydrogen-bond acceptors (Lipinski definition) is 5. The number of nitrogens with one attached hydrogen (secondary N) is 1. The molecule has 0 aliphatic carbocycles. The van der Waals surface area contributed by atoms with Gasteiger partial charge in [0, 0.05) is 26.1 Å². The first-order chi connectivity index (χ1) is 9.23. The summed E-state index contributed by atoms with van der Waals surface area (Å²) in [6.07, 6.45) is 3.71. The number of aliphatic imine (C=N–C) groups is 2. The van der Waals surface area contributed by atoms with Crippen molar-refractivity contribution in [1.29, 1.82) is 0 Å². The summed E-state index contributed by atoms with van der Waals surface area (Å²) in [6, 6.07) is 0. The van der Waals surface area contributed by atoms with Crippen molar-refractivity contribution < 1.29 is 9.53 Å². The molecule has 1 amide bonds. The van der Waals surface area contributed by atoms with Crippen LogP contribution in [-0.4, -0.2) is 56.0 Å². The van der Waals surface area contributed by atoms with Gasteiger partial charge in [0.05, 0.1) is 19.1 Å². The molecule has 0 saturated carbocycles. The van der Waals surface area contributed by atoms with E-state index < -0.39 is 0 Å². The van der Waals surface area contributed by atoms with Crippen LogP contribution in [0.25, 0.3) is 0 Å². The van der Waals surface area contributed by atoms with Gasteiger partial charge in [-0.25, -0.2) is 0 Å².